The number of ketones is 1. The minimum atomic E-state index is -1.52. The van der Waals surface area contributed by atoms with Crippen molar-refractivity contribution >= 4 is 11.8 Å². The summed E-state index contributed by atoms with van der Waals surface area (Å²) in [6.07, 6.45) is 2.06. The summed E-state index contributed by atoms with van der Waals surface area (Å²) in [5.74, 6) is -1.53. The number of benzene rings is 1. The van der Waals surface area contributed by atoms with E-state index in [1.54, 1.807) is 0 Å². The van der Waals surface area contributed by atoms with Gasteiger partial charge in [-0.1, -0.05) is 13.0 Å². The molecule has 0 aliphatic carbocycles. The van der Waals surface area contributed by atoms with E-state index in [9.17, 15) is 9.59 Å². The molecule has 2 N–H and O–H groups in total. The molecule has 0 bridgehead atoms. The van der Waals surface area contributed by atoms with E-state index in [2.05, 4.69) is 9.97 Å². The number of ether oxygens (including phenoxy) is 1. The minimum Gasteiger partial charge on any atom is -0.496 e. The second-order valence-corrected chi connectivity index (χ2v) is 4.17. The molecule has 0 unspecified atom stereocenters. The van der Waals surface area contributed by atoms with E-state index >= 15 is 0 Å². The van der Waals surface area contributed by atoms with E-state index in [-0.39, 0.29) is 5.69 Å². The van der Waals surface area contributed by atoms with Crippen LogP contribution in [0, 0.1) is 0 Å². The van der Waals surface area contributed by atoms with Crippen molar-refractivity contribution in [2.24, 2.45) is 0 Å². The third kappa shape index (κ3) is 2.54. The molecule has 2 rings (SSSR count). The maximum Gasteiger partial charge on any atom is 0.378 e. The average molecular weight is 274 g/mol. The number of aliphatic carboxylic acids is 1. The molecule has 1 heterocycles. The fourth-order valence-corrected chi connectivity index (χ4v) is 1.85. The van der Waals surface area contributed by atoms with E-state index in [1.165, 1.54) is 13.3 Å². The van der Waals surface area contributed by atoms with Crippen LogP contribution in [0.3, 0.4) is 0 Å². The standard InChI is InChI=1S/C14H14N2O4/c1-3-8-4-5-11(20-2)9(6-8)13-15-7-10(16-13)12(17)14(18)19/h4-7H,3H2,1-2H3,(H,15,16)(H,18,19). The number of carbonyl (C=O) groups excluding carboxylic acids is 1. The first-order valence-corrected chi connectivity index (χ1v) is 6.06. The molecule has 1 aromatic carbocycles. The first-order chi connectivity index (χ1) is 9.56. The van der Waals surface area contributed by atoms with Crippen LogP contribution in [0.5, 0.6) is 5.75 Å². The number of nitrogens with one attached hydrogen (secondary N) is 1. The van der Waals surface area contributed by atoms with Gasteiger partial charge in [0.25, 0.3) is 5.78 Å². The summed E-state index contributed by atoms with van der Waals surface area (Å²) in [6.45, 7) is 2.02. The smallest absolute Gasteiger partial charge is 0.378 e. The Morgan fingerprint density at radius 1 is 1.40 bits per heavy atom. The number of Topliss-reactive ketones (excluding diaryl/α,β-unsaturated/α-hetero) is 1. The second-order valence-electron chi connectivity index (χ2n) is 4.17. The molecule has 0 saturated heterocycles. The summed E-state index contributed by atoms with van der Waals surface area (Å²) in [7, 11) is 1.54. The molecule has 1 aromatic heterocycles. The number of rotatable bonds is 5. The third-order valence-corrected chi connectivity index (χ3v) is 2.94. The van der Waals surface area contributed by atoms with Gasteiger partial charge in [0, 0.05) is 0 Å². The Balaban J connectivity index is 2.46. The Morgan fingerprint density at radius 2 is 2.15 bits per heavy atom. The number of carbonyl (C=O) groups is 2. The molecule has 0 atom stereocenters. The van der Waals surface area contributed by atoms with Gasteiger partial charge in [-0.3, -0.25) is 4.79 Å². The Labute approximate surface area is 115 Å². The van der Waals surface area contributed by atoms with Gasteiger partial charge in [0.15, 0.2) is 0 Å². The lowest BCUT2D eigenvalue weighted by molar-refractivity contribution is -0.131. The largest absolute Gasteiger partial charge is 0.496 e. The number of carboxylic acids is 1. The van der Waals surface area contributed by atoms with Gasteiger partial charge in [0.05, 0.1) is 18.9 Å². The molecule has 0 fully saturated rings. The highest BCUT2D eigenvalue weighted by atomic mass is 16.5. The summed E-state index contributed by atoms with van der Waals surface area (Å²) in [6, 6.07) is 5.65. The third-order valence-electron chi connectivity index (χ3n) is 2.94. The number of methoxy groups -OCH3 is 1. The van der Waals surface area contributed by atoms with Crippen molar-refractivity contribution in [2.45, 2.75) is 13.3 Å². The van der Waals surface area contributed by atoms with Crippen LogP contribution in [0.1, 0.15) is 23.0 Å². The molecule has 0 saturated carbocycles. The molecule has 6 heteroatoms. The molecule has 0 aliphatic rings. The van der Waals surface area contributed by atoms with E-state index in [4.69, 9.17) is 9.84 Å². The number of H-pyrrole nitrogens is 1. The fraction of sp³-hybridized carbons (Fsp3) is 0.214. The lowest BCUT2D eigenvalue weighted by Crippen LogP contribution is -2.12. The van der Waals surface area contributed by atoms with Crippen molar-refractivity contribution in [1.29, 1.82) is 0 Å². The zero-order valence-electron chi connectivity index (χ0n) is 11.1. The molecule has 104 valence electrons. The van der Waals surface area contributed by atoms with E-state index in [1.807, 2.05) is 25.1 Å². The molecule has 0 radical (unpaired) electrons. The Kier molecular flexibility index (Phi) is 3.84. The summed E-state index contributed by atoms with van der Waals surface area (Å²) >= 11 is 0. The first-order valence-electron chi connectivity index (χ1n) is 6.06. The number of carboxylic acid groups (broad SMARTS) is 1. The second kappa shape index (κ2) is 5.56. The molecule has 0 aliphatic heterocycles. The van der Waals surface area contributed by atoms with Crippen molar-refractivity contribution in [3.63, 3.8) is 0 Å². The zero-order valence-corrected chi connectivity index (χ0v) is 11.1. The van der Waals surface area contributed by atoms with Crippen molar-refractivity contribution in [3.05, 3.63) is 35.7 Å². The maximum atomic E-state index is 11.4. The van der Waals surface area contributed by atoms with Crippen LogP contribution in [0.2, 0.25) is 0 Å². The van der Waals surface area contributed by atoms with Crippen LogP contribution >= 0.6 is 0 Å². The predicted molar refractivity (Wildman–Crippen MR) is 71.9 cm³/mol. The van der Waals surface area contributed by atoms with Gasteiger partial charge in [-0.25, -0.2) is 9.78 Å². The summed E-state index contributed by atoms with van der Waals surface area (Å²) < 4.78 is 5.26. The number of hydrogen-bond acceptors (Lipinski definition) is 4. The number of hydrogen-bond donors (Lipinski definition) is 2. The molecule has 6 nitrogen and oxygen atoms in total. The van der Waals surface area contributed by atoms with E-state index < -0.39 is 11.8 Å². The highest BCUT2D eigenvalue weighted by Gasteiger charge is 2.19. The number of nitrogens with zero attached hydrogens (tertiary/aromatic N) is 1. The molecule has 20 heavy (non-hydrogen) atoms. The molecular formula is C14H14N2O4. The summed E-state index contributed by atoms with van der Waals surface area (Å²) in [5.41, 5.74) is 1.72. The molecule has 2 aromatic rings. The lowest BCUT2D eigenvalue weighted by Gasteiger charge is -2.08. The van der Waals surface area contributed by atoms with Gasteiger partial charge in [-0.15, -0.1) is 0 Å². The average Bonchev–Trinajstić information content (AvgIpc) is 2.95. The summed E-state index contributed by atoms with van der Waals surface area (Å²) in [4.78, 5) is 28.8. The SMILES string of the molecule is CCc1ccc(OC)c(-c2ncc(C(=O)C(=O)O)[nH]2)c1. The summed E-state index contributed by atoms with van der Waals surface area (Å²) in [5, 5.41) is 8.68. The van der Waals surface area contributed by atoms with Gasteiger partial charge < -0.3 is 14.8 Å². The van der Waals surface area contributed by atoms with Crippen molar-refractivity contribution in [2.75, 3.05) is 7.11 Å². The van der Waals surface area contributed by atoms with Gasteiger partial charge in [0.1, 0.15) is 17.3 Å². The maximum absolute atomic E-state index is 11.4. The first kappa shape index (κ1) is 13.8. The van der Waals surface area contributed by atoms with Crippen LogP contribution in [-0.4, -0.2) is 33.9 Å². The Morgan fingerprint density at radius 3 is 2.75 bits per heavy atom. The monoisotopic (exact) mass is 274 g/mol. The molecule has 0 spiro atoms. The normalized spacial score (nSPS) is 10.3. The lowest BCUT2D eigenvalue weighted by atomic mass is 10.1. The quantitative estimate of drug-likeness (QED) is 0.642. The van der Waals surface area contributed by atoms with Gasteiger partial charge in [-0.05, 0) is 24.1 Å². The topological polar surface area (TPSA) is 92.3 Å². The van der Waals surface area contributed by atoms with Crippen molar-refractivity contribution < 1.29 is 19.4 Å². The number of imidazole rings is 1. The van der Waals surface area contributed by atoms with Crippen LogP contribution in [-0.2, 0) is 11.2 Å². The fourth-order valence-electron chi connectivity index (χ4n) is 1.85. The van der Waals surface area contributed by atoms with Gasteiger partial charge in [-0.2, -0.15) is 0 Å². The molecular weight excluding hydrogens is 260 g/mol. The minimum absolute atomic E-state index is 0.0588. The van der Waals surface area contributed by atoms with Crippen LogP contribution in [0.4, 0.5) is 0 Å². The highest BCUT2D eigenvalue weighted by Crippen LogP contribution is 2.29. The molecule has 0 amide bonds. The number of aromatic nitrogens is 2. The predicted octanol–water partition coefficient (Wildman–Crippen LogP) is 1.91. The van der Waals surface area contributed by atoms with Crippen LogP contribution < -0.4 is 4.74 Å². The van der Waals surface area contributed by atoms with Crippen molar-refractivity contribution in [3.8, 4) is 17.1 Å². The number of aromatic amines is 1. The van der Waals surface area contributed by atoms with Crippen LogP contribution in [0.15, 0.2) is 24.4 Å². The van der Waals surface area contributed by atoms with E-state index in [0.29, 0.717) is 17.1 Å². The van der Waals surface area contributed by atoms with Crippen LogP contribution in [0.25, 0.3) is 11.4 Å². The Bertz CT molecular complexity index is 661. The van der Waals surface area contributed by atoms with Gasteiger partial charge in [0.2, 0.25) is 0 Å². The van der Waals surface area contributed by atoms with E-state index in [0.717, 1.165) is 12.0 Å². The van der Waals surface area contributed by atoms with Crippen molar-refractivity contribution in [1.82, 2.24) is 9.97 Å². The van der Waals surface area contributed by atoms with Gasteiger partial charge >= 0.3 is 5.97 Å². The zero-order chi connectivity index (χ0) is 14.7. The Hall–Kier alpha value is -2.63. The number of aryl methyl sites for hydroxylation is 1. The highest BCUT2D eigenvalue weighted by molar-refractivity contribution is 6.39.